The first-order valence-electron chi connectivity index (χ1n) is 9.80. The SMILES string of the molecule is O=C1NC(=S)N(c2ccc(Oc3ccccc3)cc2)C(=O)C1=Cc1cccc(OC(F)(F)F)c1. The van der Waals surface area contributed by atoms with Crippen molar-refractivity contribution in [2.75, 3.05) is 4.90 Å². The number of para-hydroxylation sites is 1. The van der Waals surface area contributed by atoms with Gasteiger partial charge in [-0.3, -0.25) is 19.8 Å². The number of anilines is 1. The smallest absolute Gasteiger partial charge is 0.457 e. The Morgan fingerprint density at radius 1 is 0.853 bits per heavy atom. The molecule has 2 amide bonds. The Kier molecular flexibility index (Phi) is 6.33. The van der Waals surface area contributed by atoms with Gasteiger partial charge in [0, 0.05) is 0 Å². The molecule has 0 atom stereocenters. The molecule has 1 aliphatic heterocycles. The van der Waals surface area contributed by atoms with Gasteiger partial charge in [-0.15, -0.1) is 13.2 Å². The highest BCUT2D eigenvalue weighted by atomic mass is 32.1. The molecule has 172 valence electrons. The topological polar surface area (TPSA) is 67.9 Å². The van der Waals surface area contributed by atoms with Crippen molar-refractivity contribution in [2.24, 2.45) is 0 Å². The molecule has 0 bridgehead atoms. The van der Waals surface area contributed by atoms with Gasteiger partial charge in [-0.2, -0.15) is 0 Å². The molecule has 34 heavy (non-hydrogen) atoms. The van der Waals surface area contributed by atoms with Crippen molar-refractivity contribution in [3.63, 3.8) is 0 Å². The maximum Gasteiger partial charge on any atom is 0.573 e. The van der Waals surface area contributed by atoms with Crippen LogP contribution in [0.2, 0.25) is 0 Å². The van der Waals surface area contributed by atoms with Gasteiger partial charge in [-0.1, -0.05) is 30.3 Å². The third kappa shape index (κ3) is 5.41. The molecule has 0 unspecified atom stereocenters. The van der Waals surface area contributed by atoms with E-state index in [2.05, 4.69) is 10.1 Å². The zero-order valence-electron chi connectivity index (χ0n) is 17.2. The van der Waals surface area contributed by atoms with Gasteiger partial charge in [-0.05, 0) is 72.4 Å². The van der Waals surface area contributed by atoms with Gasteiger partial charge in [0.15, 0.2) is 5.11 Å². The molecular weight excluding hydrogens is 469 g/mol. The molecule has 0 aliphatic carbocycles. The lowest BCUT2D eigenvalue weighted by Gasteiger charge is -2.29. The van der Waals surface area contributed by atoms with Crippen LogP contribution < -0.4 is 19.7 Å². The van der Waals surface area contributed by atoms with E-state index in [9.17, 15) is 22.8 Å². The van der Waals surface area contributed by atoms with Crippen LogP contribution in [0.4, 0.5) is 18.9 Å². The van der Waals surface area contributed by atoms with E-state index < -0.39 is 23.9 Å². The Bertz CT molecular complexity index is 1280. The highest BCUT2D eigenvalue weighted by Gasteiger charge is 2.35. The molecule has 6 nitrogen and oxygen atoms in total. The summed E-state index contributed by atoms with van der Waals surface area (Å²) in [5, 5.41) is 2.30. The number of carbonyl (C=O) groups excluding carboxylic acids is 2. The van der Waals surface area contributed by atoms with Gasteiger partial charge in [0.25, 0.3) is 11.8 Å². The number of hydrogen-bond donors (Lipinski definition) is 1. The number of benzene rings is 3. The van der Waals surface area contributed by atoms with Gasteiger partial charge < -0.3 is 9.47 Å². The molecule has 10 heteroatoms. The summed E-state index contributed by atoms with van der Waals surface area (Å²) in [6.45, 7) is 0. The highest BCUT2D eigenvalue weighted by molar-refractivity contribution is 7.80. The number of thiocarbonyl (C=S) groups is 1. The molecule has 0 saturated carbocycles. The van der Waals surface area contributed by atoms with E-state index in [1.165, 1.54) is 18.2 Å². The van der Waals surface area contributed by atoms with Crippen molar-refractivity contribution in [2.45, 2.75) is 6.36 Å². The van der Waals surface area contributed by atoms with Crippen LogP contribution in [0.3, 0.4) is 0 Å². The predicted octanol–water partition coefficient (Wildman–Crippen LogP) is 5.21. The minimum Gasteiger partial charge on any atom is -0.457 e. The number of halogens is 3. The minimum absolute atomic E-state index is 0.127. The summed E-state index contributed by atoms with van der Waals surface area (Å²) >= 11 is 5.17. The molecule has 0 spiro atoms. The fraction of sp³-hybridized carbons (Fsp3) is 0.0417. The summed E-state index contributed by atoms with van der Waals surface area (Å²) in [6.07, 6.45) is -3.70. The maximum atomic E-state index is 13.1. The van der Waals surface area contributed by atoms with Crippen LogP contribution in [0.5, 0.6) is 17.2 Å². The summed E-state index contributed by atoms with van der Waals surface area (Å²) in [6, 6.07) is 20.5. The molecule has 4 rings (SSSR count). The summed E-state index contributed by atoms with van der Waals surface area (Å²) in [5.41, 5.74) is 0.234. The van der Waals surface area contributed by atoms with Gasteiger partial charge in [0.05, 0.1) is 5.69 Å². The van der Waals surface area contributed by atoms with Crippen LogP contribution in [0.25, 0.3) is 6.08 Å². The van der Waals surface area contributed by atoms with E-state index in [4.69, 9.17) is 17.0 Å². The highest BCUT2D eigenvalue weighted by Crippen LogP contribution is 2.28. The van der Waals surface area contributed by atoms with Gasteiger partial charge in [0.1, 0.15) is 22.8 Å². The molecular formula is C24H15F3N2O4S. The largest absolute Gasteiger partial charge is 0.573 e. The zero-order valence-corrected chi connectivity index (χ0v) is 18.0. The quantitative estimate of drug-likeness (QED) is 0.306. The number of amides is 2. The van der Waals surface area contributed by atoms with Crippen LogP contribution >= 0.6 is 12.2 Å². The fourth-order valence-corrected chi connectivity index (χ4v) is 3.43. The van der Waals surface area contributed by atoms with Gasteiger partial charge in [-0.25, -0.2) is 0 Å². The summed E-state index contributed by atoms with van der Waals surface area (Å²) in [5.74, 6) is -0.822. The molecule has 1 saturated heterocycles. The first kappa shape index (κ1) is 23.0. The number of ether oxygens (including phenoxy) is 2. The second kappa shape index (κ2) is 9.36. The predicted molar refractivity (Wildman–Crippen MR) is 122 cm³/mol. The third-order valence-electron chi connectivity index (χ3n) is 4.58. The lowest BCUT2D eigenvalue weighted by Crippen LogP contribution is -2.54. The Labute approximate surface area is 197 Å². The molecule has 0 radical (unpaired) electrons. The molecule has 3 aromatic rings. The van der Waals surface area contributed by atoms with E-state index in [1.54, 1.807) is 36.4 Å². The average Bonchev–Trinajstić information content (AvgIpc) is 2.77. The summed E-state index contributed by atoms with van der Waals surface area (Å²) in [4.78, 5) is 26.6. The van der Waals surface area contributed by atoms with E-state index in [1.807, 2.05) is 18.2 Å². The first-order valence-corrected chi connectivity index (χ1v) is 10.2. The Morgan fingerprint density at radius 2 is 1.50 bits per heavy atom. The van der Waals surface area contributed by atoms with Crippen molar-refractivity contribution in [3.05, 3.63) is 90.0 Å². The van der Waals surface area contributed by atoms with Crippen molar-refractivity contribution in [1.82, 2.24) is 5.32 Å². The van der Waals surface area contributed by atoms with Crippen molar-refractivity contribution in [3.8, 4) is 17.2 Å². The monoisotopic (exact) mass is 484 g/mol. The Hall–Kier alpha value is -4.18. The van der Waals surface area contributed by atoms with E-state index >= 15 is 0 Å². The summed E-state index contributed by atoms with van der Waals surface area (Å²) in [7, 11) is 0. The molecule has 3 aromatic carbocycles. The van der Waals surface area contributed by atoms with Crippen LogP contribution in [0, 0.1) is 0 Å². The summed E-state index contributed by atoms with van der Waals surface area (Å²) < 4.78 is 47.1. The third-order valence-corrected chi connectivity index (χ3v) is 4.86. The van der Waals surface area contributed by atoms with Crippen LogP contribution in [-0.4, -0.2) is 23.3 Å². The lowest BCUT2D eigenvalue weighted by molar-refractivity contribution is -0.274. The lowest BCUT2D eigenvalue weighted by atomic mass is 10.1. The Balaban J connectivity index is 1.58. The molecule has 1 N–H and O–H groups in total. The van der Waals surface area contributed by atoms with Gasteiger partial charge >= 0.3 is 6.36 Å². The second-order valence-electron chi connectivity index (χ2n) is 6.99. The van der Waals surface area contributed by atoms with Crippen LogP contribution in [0.1, 0.15) is 5.56 Å². The normalized spacial score (nSPS) is 15.3. The van der Waals surface area contributed by atoms with E-state index in [-0.39, 0.29) is 16.2 Å². The van der Waals surface area contributed by atoms with Crippen molar-refractivity contribution < 1.29 is 32.2 Å². The molecule has 1 fully saturated rings. The molecule has 1 aliphatic rings. The number of alkyl halides is 3. The van der Waals surface area contributed by atoms with Crippen LogP contribution in [0.15, 0.2) is 84.4 Å². The Morgan fingerprint density at radius 3 is 2.18 bits per heavy atom. The van der Waals surface area contributed by atoms with Crippen molar-refractivity contribution in [1.29, 1.82) is 0 Å². The van der Waals surface area contributed by atoms with Gasteiger partial charge in [0.2, 0.25) is 0 Å². The zero-order chi connectivity index (χ0) is 24.3. The number of rotatable bonds is 5. The number of nitrogens with one attached hydrogen (secondary N) is 1. The molecule has 1 heterocycles. The number of hydrogen-bond acceptors (Lipinski definition) is 5. The van der Waals surface area contributed by atoms with E-state index in [0.717, 1.165) is 17.0 Å². The fourth-order valence-electron chi connectivity index (χ4n) is 3.15. The molecule has 0 aromatic heterocycles. The maximum absolute atomic E-state index is 13.1. The van der Waals surface area contributed by atoms with E-state index in [0.29, 0.717) is 17.2 Å². The average molecular weight is 484 g/mol. The number of carbonyl (C=O) groups is 2. The number of nitrogens with zero attached hydrogens (tertiary/aromatic N) is 1. The first-order chi connectivity index (χ1) is 16.2. The standard InChI is InChI=1S/C24H15F3N2O4S/c25-24(26,27)33-19-8-4-5-15(13-19)14-20-21(30)28-23(34)29(22(20)31)16-9-11-18(12-10-16)32-17-6-2-1-3-7-17/h1-14H,(H,28,30,34). The van der Waals surface area contributed by atoms with Crippen molar-refractivity contribution >= 4 is 40.9 Å². The minimum atomic E-state index is -4.87. The second-order valence-corrected chi connectivity index (χ2v) is 7.37. The van der Waals surface area contributed by atoms with Crippen LogP contribution in [-0.2, 0) is 9.59 Å².